The Morgan fingerprint density at radius 1 is 1.23 bits per heavy atom. The van der Waals surface area contributed by atoms with Gasteiger partial charge in [-0.3, -0.25) is 9.59 Å². The fraction of sp³-hybridized carbons (Fsp3) is 0.556. The lowest BCUT2D eigenvalue weighted by atomic mass is 9.95. The first-order valence-corrected chi connectivity index (χ1v) is 8.21. The third-order valence-corrected chi connectivity index (χ3v) is 4.40. The van der Waals surface area contributed by atoms with Gasteiger partial charge in [-0.2, -0.15) is 0 Å². The fourth-order valence-electron chi connectivity index (χ4n) is 2.90. The molecular weight excluding hydrogens is 276 g/mol. The molecule has 0 saturated carbocycles. The maximum Gasteiger partial charge on any atom is 0.223 e. The predicted octanol–water partition coefficient (Wildman–Crippen LogP) is 2.65. The molecule has 0 spiro atoms. The lowest BCUT2D eigenvalue weighted by Gasteiger charge is -2.31. The average Bonchev–Trinajstić information content (AvgIpc) is 2.54. The van der Waals surface area contributed by atoms with Crippen LogP contribution in [0.5, 0.6) is 0 Å². The molecular formula is C18H26N2O2. The molecule has 4 heteroatoms. The minimum atomic E-state index is 0.0368. The van der Waals surface area contributed by atoms with Gasteiger partial charge in [0, 0.05) is 32.0 Å². The van der Waals surface area contributed by atoms with Crippen LogP contribution in [-0.4, -0.2) is 29.8 Å². The zero-order valence-corrected chi connectivity index (χ0v) is 13.6. The number of likely N-dealkylation sites (tertiary alicyclic amines) is 1. The van der Waals surface area contributed by atoms with Crippen LogP contribution in [-0.2, 0) is 16.1 Å². The Balaban J connectivity index is 1.78. The van der Waals surface area contributed by atoms with E-state index < -0.39 is 0 Å². The monoisotopic (exact) mass is 302 g/mol. The molecule has 0 bridgehead atoms. The van der Waals surface area contributed by atoms with Gasteiger partial charge in [0.05, 0.1) is 0 Å². The van der Waals surface area contributed by atoms with Crippen molar-refractivity contribution in [2.45, 2.75) is 46.1 Å². The number of rotatable bonds is 5. The second kappa shape index (κ2) is 7.97. The highest BCUT2D eigenvalue weighted by molar-refractivity contribution is 5.80. The zero-order valence-electron chi connectivity index (χ0n) is 13.6. The van der Waals surface area contributed by atoms with Crippen LogP contribution in [0.1, 0.15) is 43.7 Å². The molecule has 0 atom stereocenters. The molecule has 1 aliphatic heterocycles. The standard InChI is InChI=1S/C18H26N2O2/c1-3-6-17(21)20-11-9-15(10-12-20)18(22)19-13-16-8-5-4-7-14(16)2/h4-5,7-8,15H,3,6,9-13H2,1-2H3,(H,19,22). The van der Waals surface area contributed by atoms with Gasteiger partial charge in [0.2, 0.25) is 11.8 Å². The Morgan fingerprint density at radius 3 is 2.55 bits per heavy atom. The topological polar surface area (TPSA) is 49.4 Å². The molecule has 120 valence electrons. The van der Waals surface area contributed by atoms with Gasteiger partial charge in [0.25, 0.3) is 0 Å². The van der Waals surface area contributed by atoms with Crippen LogP contribution >= 0.6 is 0 Å². The highest BCUT2D eigenvalue weighted by Gasteiger charge is 2.26. The van der Waals surface area contributed by atoms with Crippen molar-refractivity contribution in [1.82, 2.24) is 10.2 Å². The van der Waals surface area contributed by atoms with E-state index in [1.165, 1.54) is 5.56 Å². The van der Waals surface area contributed by atoms with Gasteiger partial charge in [-0.05, 0) is 37.3 Å². The predicted molar refractivity (Wildman–Crippen MR) is 87.2 cm³/mol. The van der Waals surface area contributed by atoms with Crippen molar-refractivity contribution in [3.8, 4) is 0 Å². The summed E-state index contributed by atoms with van der Waals surface area (Å²) in [7, 11) is 0. The number of hydrogen-bond donors (Lipinski definition) is 1. The molecule has 1 heterocycles. The number of piperidine rings is 1. The summed E-state index contributed by atoms with van der Waals surface area (Å²) in [6.07, 6.45) is 3.05. The number of nitrogens with one attached hydrogen (secondary N) is 1. The second-order valence-electron chi connectivity index (χ2n) is 6.05. The van der Waals surface area contributed by atoms with E-state index in [0.29, 0.717) is 26.1 Å². The maximum atomic E-state index is 12.3. The van der Waals surface area contributed by atoms with Crippen LogP contribution < -0.4 is 5.32 Å². The third-order valence-electron chi connectivity index (χ3n) is 4.40. The lowest BCUT2D eigenvalue weighted by Crippen LogP contribution is -2.42. The molecule has 1 fully saturated rings. The van der Waals surface area contributed by atoms with Gasteiger partial charge in [-0.1, -0.05) is 31.2 Å². The molecule has 1 aromatic carbocycles. The Morgan fingerprint density at radius 2 is 1.91 bits per heavy atom. The molecule has 1 aromatic rings. The van der Waals surface area contributed by atoms with Gasteiger partial charge < -0.3 is 10.2 Å². The minimum absolute atomic E-state index is 0.0368. The average molecular weight is 302 g/mol. The van der Waals surface area contributed by atoms with Gasteiger partial charge >= 0.3 is 0 Å². The summed E-state index contributed by atoms with van der Waals surface area (Å²) in [4.78, 5) is 26.0. The van der Waals surface area contributed by atoms with E-state index >= 15 is 0 Å². The first-order valence-electron chi connectivity index (χ1n) is 8.21. The van der Waals surface area contributed by atoms with Crippen molar-refractivity contribution in [3.63, 3.8) is 0 Å². The van der Waals surface area contributed by atoms with Gasteiger partial charge in [0.15, 0.2) is 0 Å². The quantitative estimate of drug-likeness (QED) is 0.909. The third kappa shape index (κ3) is 4.33. The summed E-state index contributed by atoms with van der Waals surface area (Å²) >= 11 is 0. The van der Waals surface area contributed by atoms with Crippen molar-refractivity contribution >= 4 is 11.8 Å². The van der Waals surface area contributed by atoms with Crippen molar-refractivity contribution in [3.05, 3.63) is 35.4 Å². The summed E-state index contributed by atoms with van der Waals surface area (Å²) in [5.41, 5.74) is 2.36. The molecule has 0 aliphatic carbocycles. The lowest BCUT2D eigenvalue weighted by molar-refractivity contribution is -0.135. The van der Waals surface area contributed by atoms with Gasteiger partial charge in [-0.25, -0.2) is 0 Å². The molecule has 0 unspecified atom stereocenters. The van der Waals surface area contributed by atoms with E-state index in [2.05, 4.69) is 18.3 Å². The Hall–Kier alpha value is -1.84. The molecule has 0 aromatic heterocycles. The number of amides is 2. The molecule has 4 nitrogen and oxygen atoms in total. The number of nitrogens with zero attached hydrogens (tertiary/aromatic N) is 1. The SMILES string of the molecule is CCCC(=O)N1CCC(C(=O)NCc2ccccc2C)CC1. The van der Waals surface area contributed by atoms with Crippen LogP contribution in [0.3, 0.4) is 0 Å². The van der Waals surface area contributed by atoms with E-state index in [1.54, 1.807) is 0 Å². The van der Waals surface area contributed by atoms with E-state index in [1.807, 2.05) is 30.0 Å². The van der Waals surface area contributed by atoms with E-state index in [-0.39, 0.29) is 17.7 Å². The second-order valence-corrected chi connectivity index (χ2v) is 6.05. The number of aryl methyl sites for hydroxylation is 1. The number of benzene rings is 1. The Bertz CT molecular complexity index is 520. The summed E-state index contributed by atoms with van der Waals surface area (Å²) in [5.74, 6) is 0.377. The van der Waals surface area contributed by atoms with Crippen molar-refractivity contribution in [2.75, 3.05) is 13.1 Å². The summed E-state index contributed by atoms with van der Waals surface area (Å²) in [6.45, 7) is 6.08. The largest absolute Gasteiger partial charge is 0.352 e. The molecule has 22 heavy (non-hydrogen) atoms. The van der Waals surface area contributed by atoms with Crippen LogP contribution in [0.15, 0.2) is 24.3 Å². The van der Waals surface area contributed by atoms with Crippen LogP contribution in [0.2, 0.25) is 0 Å². The van der Waals surface area contributed by atoms with Crippen molar-refractivity contribution < 1.29 is 9.59 Å². The van der Waals surface area contributed by atoms with Crippen molar-refractivity contribution in [2.24, 2.45) is 5.92 Å². The highest BCUT2D eigenvalue weighted by atomic mass is 16.2. The molecule has 0 radical (unpaired) electrons. The van der Waals surface area contributed by atoms with E-state index in [0.717, 1.165) is 24.8 Å². The van der Waals surface area contributed by atoms with E-state index in [9.17, 15) is 9.59 Å². The van der Waals surface area contributed by atoms with Gasteiger partial charge in [0.1, 0.15) is 0 Å². The number of carbonyl (C=O) groups excluding carboxylic acids is 2. The number of hydrogen-bond acceptors (Lipinski definition) is 2. The maximum absolute atomic E-state index is 12.3. The summed E-state index contributed by atoms with van der Waals surface area (Å²) < 4.78 is 0. The Kier molecular flexibility index (Phi) is 5.99. The van der Waals surface area contributed by atoms with Crippen LogP contribution in [0.4, 0.5) is 0 Å². The Labute approximate surface area is 132 Å². The highest BCUT2D eigenvalue weighted by Crippen LogP contribution is 2.18. The van der Waals surface area contributed by atoms with E-state index in [4.69, 9.17) is 0 Å². The zero-order chi connectivity index (χ0) is 15.9. The van der Waals surface area contributed by atoms with Crippen LogP contribution in [0.25, 0.3) is 0 Å². The van der Waals surface area contributed by atoms with Crippen LogP contribution in [0, 0.1) is 12.8 Å². The molecule has 1 N–H and O–H groups in total. The smallest absolute Gasteiger partial charge is 0.223 e. The van der Waals surface area contributed by atoms with Gasteiger partial charge in [-0.15, -0.1) is 0 Å². The first kappa shape index (κ1) is 16.5. The molecule has 1 saturated heterocycles. The molecule has 1 aliphatic rings. The first-order chi connectivity index (χ1) is 10.6. The van der Waals surface area contributed by atoms with Crippen molar-refractivity contribution in [1.29, 1.82) is 0 Å². The minimum Gasteiger partial charge on any atom is -0.352 e. The summed E-state index contributed by atoms with van der Waals surface area (Å²) in [6, 6.07) is 8.09. The fourth-order valence-corrected chi connectivity index (χ4v) is 2.90. The molecule has 2 rings (SSSR count). The normalized spacial score (nSPS) is 15.6. The number of carbonyl (C=O) groups is 2. The molecule has 2 amide bonds. The summed E-state index contributed by atoms with van der Waals surface area (Å²) in [5, 5.41) is 3.04.